The standard InChI is InChI=1S/C13H19ClFN/c1-4-13(5-2,9-16-3)12-10(14)7-6-8-11(12)15/h6-8,16H,4-5,9H2,1-3H3. The summed E-state index contributed by atoms with van der Waals surface area (Å²) >= 11 is 6.14. The van der Waals surface area contributed by atoms with E-state index in [1.54, 1.807) is 12.1 Å². The van der Waals surface area contributed by atoms with Crippen LogP contribution in [0.25, 0.3) is 0 Å². The van der Waals surface area contributed by atoms with Gasteiger partial charge in [0.2, 0.25) is 0 Å². The fraction of sp³-hybridized carbons (Fsp3) is 0.538. The van der Waals surface area contributed by atoms with Crippen LogP contribution in [0.15, 0.2) is 18.2 Å². The molecule has 0 bridgehead atoms. The highest BCUT2D eigenvalue weighted by Crippen LogP contribution is 2.37. The topological polar surface area (TPSA) is 12.0 Å². The second kappa shape index (κ2) is 5.65. The molecule has 0 atom stereocenters. The van der Waals surface area contributed by atoms with Crippen molar-refractivity contribution >= 4 is 11.6 Å². The normalized spacial score (nSPS) is 11.8. The Balaban J connectivity index is 3.30. The van der Waals surface area contributed by atoms with Crippen LogP contribution in [-0.2, 0) is 5.41 Å². The molecule has 0 spiro atoms. The van der Waals surface area contributed by atoms with E-state index in [1.807, 2.05) is 7.05 Å². The molecule has 3 heteroatoms. The Morgan fingerprint density at radius 1 is 1.31 bits per heavy atom. The fourth-order valence-electron chi connectivity index (χ4n) is 2.28. The highest BCUT2D eigenvalue weighted by Gasteiger charge is 2.32. The number of likely N-dealkylation sites (N-methyl/N-ethyl adjacent to an activating group) is 1. The lowest BCUT2D eigenvalue weighted by atomic mass is 9.75. The van der Waals surface area contributed by atoms with Crippen LogP contribution < -0.4 is 5.32 Å². The maximum Gasteiger partial charge on any atom is 0.128 e. The first-order chi connectivity index (χ1) is 7.61. The van der Waals surface area contributed by atoms with Gasteiger partial charge >= 0.3 is 0 Å². The van der Waals surface area contributed by atoms with E-state index in [4.69, 9.17) is 11.6 Å². The van der Waals surface area contributed by atoms with E-state index < -0.39 is 0 Å². The van der Waals surface area contributed by atoms with Crippen LogP contribution in [0, 0.1) is 5.82 Å². The first kappa shape index (κ1) is 13.5. The Labute approximate surface area is 102 Å². The van der Waals surface area contributed by atoms with Gasteiger partial charge in [-0.15, -0.1) is 0 Å². The number of rotatable bonds is 5. The van der Waals surface area contributed by atoms with Crippen LogP contribution >= 0.6 is 11.6 Å². The van der Waals surface area contributed by atoms with Gasteiger partial charge in [-0.3, -0.25) is 0 Å². The van der Waals surface area contributed by atoms with Crippen molar-refractivity contribution in [3.63, 3.8) is 0 Å². The molecule has 0 saturated carbocycles. The largest absolute Gasteiger partial charge is 0.319 e. The second-order valence-corrected chi connectivity index (χ2v) is 4.52. The molecule has 0 aliphatic rings. The van der Waals surface area contributed by atoms with Gasteiger partial charge in [0.1, 0.15) is 5.82 Å². The van der Waals surface area contributed by atoms with Crippen LogP contribution in [0.2, 0.25) is 5.02 Å². The first-order valence-electron chi connectivity index (χ1n) is 5.70. The van der Waals surface area contributed by atoms with E-state index in [2.05, 4.69) is 19.2 Å². The Morgan fingerprint density at radius 2 is 1.94 bits per heavy atom. The Morgan fingerprint density at radius 3 is 2.38 bits per heavy atom. The van der Waals surface area contributed by atoms with Gasteiger partial charge in [0, 0.05) is 22.5 Å². The summed E-state index contributed by atoms with van der Waals surface area (Å²) in [5.41, 5.74) is 0.438. The number of hydrogen-bond acceptors (Lipinski definition) is 1. The SMILES string of the molecule is CCC(CC)(CNC)c1c(F)cccc1Cl. The van der Waals surface area contributed by atoms with Crippen LogP contribution in [0.3, 0.4) is 0 Å². The van der Waals surface area contributed by atoms with Gasteiger partial charge < -0.3 is 5.32 Å². The van der Waals surface area contributed by atoms with E-state index in [0.717, 1.165) is 19.4 Å². The first-order valence-corrected chi connectivity index (χ1v) is 6.08. The summed E-state index contributed by atoms with van der Waals surface area (Å²) in [6.45, 7) is 4.88. The van der Waals surface area contributed by atoms with Crippen molar-refractivity contribution in [2.75, 3.05) is 13.6 Å². The molecule has 0 radical (unpaired) electrons. The van der Waals surface area contributed by atoms with Crippen molar-refractivity contribution < 1.29 is 4.39 Å². The maximum atomic E-state index is 13.9. The summed E-state index contributed by atoms with van der Waals surface area (Å²) < 4.78 is 13.9. The molecule has 90 valence electrons. The smallest absolute Gasteiger partial charge is 0.128 e. The molecule has 0 aromatic heterocycles. The lowest BCUT2D eigenvalue weighted by Gasteiger charge is -2.33. The highest BCUT2D eigenvalue weighted by molar-refractivity contribution is 6.31. The van der Waals surface area contributed by atoms with Gasteiger partial charge in [0.25, 0.3) is 0 Å². The zero-order valence-corrected chi connectivity index (χ0v) is 10.9. The molecule has 1 rings (SSSR count). The quantitative estimate of drug-likeness (QED) is 0.831. The number of hydrogen-bond donors (Lipinski definition) is 1. The molecule has 0 heterocycles. The Kier molecular flexibility index (Phi) is 4.75. The lowest BCUT2D eigenvalue weighted by molar-refractivity contribution is 0.364. The third-order valence-electron chi connectivity index (χ3n) is 3.36. The lowest BCUT2D eigenvalue weighted by Crippen LogP contribution is -2.36. The van der Waals surface area contributed by atoms with Gasteiger partial charge in [-0.25, -0.2) is 4.39 Å². The summed E-state index contributed by atoms with van der Waals surface area (Å²) in [4.78, 5) is 0. The Hall–Kier alpha value is -0.600. The highest BCUT2D eigenvalue weighted by atomic mass is 35.5. The molecule has 16 heavy (non-hydrogen) atoms. The number of nitrogens with one attached hydrogen (secondary N) is 1. The molecule has 0 unspecified atom stereocenters. The summed E-state index contributed by atoms with van der Waals surface area (Å²) in [5.74, 6) is -0.202. The zero-order valence-electron chi connectivity index (χ0n) is 10.1. The van der Waals surface area contributed by atoms with Crippen molar-refractivity contribution in [3.8, 4) is 0 Å². The predicted molar refractivity (Wildman–Crippen MR) is 67.6 cm³/mol. The van der Waals surface area contributed by atoms with Gasteiger partial charge in [-0.1, -0.05) is 31.5 Å². The predicted octanol–water partition coefficient (Wildman–Crippen LogP) is 3.76. The molecule has 0 amide bonds. The van der Waals surface area contributed by atoms with Crippen LogP contribution in [-0.4, -0.2) is 13.6 Å². The van der Waals surface area contributed by atoms with Crippen LogP contribution in [0.5, 0.6) is 0 Å². The van der Waals surface area contributed by atoms with Gasteiger partial charge in [0.05, 0.1) is 0 Å². The Bertz CT molecular complexity index is 328. The third kappa shape index (κ3) is 2.38. The minimum Gasteiger partial charge on any atom is -0.319 e. The van der Waals surface area contributed by atoms with Gasteiger partial charge in [-0.05, 0) is 32.0 Å². The van der Waals surface area contributed by atoms with Crippen LogP contribution in [0.1, 0.15) is 32.3 Å². The summed E-state index contributed by atoms with van der Waals surface area (Å²) in [6.07, 6.45) is 1.73. The van der Waals surface area contributed by atoms with Gasteiger partial charge in [0.15, 0.2) is 0 Å². The number of benzene rings is 1. The van der Waals surface area contributed by atoms with Gasteiger partial charge in [-0.2, -0.15) is 0 Å². The molecule has 0 fully saturated rings. The maximum absolute atomic E-state index is 13.9. The van der Waals surface area contributed by atoms with E-state index in [9.17, 15) is 4.39 Å². The molecule has 0 saturated heterocycles. The monoisotopic (exact) mass is 243 g/mol. The minimum absolute atomic E-state index is 0.202. The second-order valence-electron chi connectivity index (χ2n) is 4.11. The van der Waals surface area contributed by atoms with E-state index >= 15 is 0 Å². The van der Waals surface area contributed by atoms with Crippen molar-refractivity contribution in [2.24, 2.45) is 0 Å². The number of halogens is 2. The fourth-order valence-corrected chi connectivity index (χ4v) is 2.65. The average Bonchev–Trinajstić information content (AvgIpc) is 2.27. The minimum atomic E-state index is -0.211. The summed E-state index contributed by atoms with van der Waals surface area (Å²) in [7, 11) is 1.88. The van der Waals surface area contributed by atoms with Crippen molar-refractivity contribution in [1.29, 1.82) is 0 Å². The molecule has 0 aliphatic carbocycles. The van der Waals surface area contributed by atoms with Crippen LogP contribution in [0.4, 0.5) is 4.39 Å². The molecule has 0 aliphatic heterocycles. The molecule has 1 nitrogen and oxygen atoms in total. The molecular weight excluding hydrogens is 225 g/mol. The van der Waals surface area contributed by atoms with Crippen molar-refractivity contribution in [3.05, 3.63) is 34.6 Å². The molecule has 1 N–H and O–H groups in total. The summed E-state index contributed by atoms with van der Waals surface area (Å²) in [6, 6.07) is 4.89. The van der Waals surface area contributed by atoms with E-state index in [1.165, 1.54) is 6.07 Å². The zero-order chi connectivity index (χ0) is 12.2. The molecule has 1 aromatic carbocycles. The third-order valence-corrected chi connectivity index (χ3v) is 3.68. The summed E-state index contributed by atoms with van der Waals surface area (Å²) in [5, 5.41) is 3.66. The van der Waals surface area contributed by atoms with Crippen molar-refractivity contribution in [1.82, 2.24) is 5.32 Å². The molecule has 1 aromatic rings. The van der Waals surface area contributed by atoms with E-state index in [-0.39, 0.29) is 11.2 Å². The van der Waals surface area contributed by atoms with E-state index in [0.29, 0.717) is 10.6 Å². The van der Waals surface area contributed by atoms with Crippen molar-refractivity contribution in [2.45, 2.75) is 32.1 Å². The molecular formula is C13H19ClFN. The average molecular weight is 244 g/mol.